The molecule has 0 aliphatic rings. The third kappa shape index (κ3) is 3.97. The number of benzene rings is 2. The number of carbonyl (C=O) groups excluding carboxylic acids is 1. The molecule has 20 heavy (non-hydrogen) atoms. The van der Waals surface area contributed by atoms with Crippen molar-refractivity contribution >= 4 is 17.5 Å². The molecule has 0 heterocycles. The van der Waals surface area contributed by atoms with Crippen LogP contribution in [-0.2, 0) is 0 Å². The van der Waals surface area contributed by atoms with E-state index in [1.807, 2.05) is 60.7 Å². The van der Waals surface area contributed by atoms with Crippen LogP contribution in [0.3, 0.4) is 0 Å². The van der Waals surface area contributed by atoms with E-state index in [-0.39, 0.29) is 11.0 Å². The molecule has 0 amide bonds. The molecule has 0 fully saturated rings. The van der Waals surface area contributed by atoms with Crippen molar-refractivity contribution in [1.29, 1.82) is 0 Å². The van der Waals surface area contributed by atoms with Gasteiger partial charge in [0.15, 0.2) is 5.78 Å². The summed E-state index contributed by atoms with van der Waals surface area (Å²) < 4.78 is 0. The number of unbranched alkanes of at least 4 members (excludes halogenated alkanes) is 1. The Bertz CT molecular complexity index is 522. The highest BCUT2D eigenvalue weighted by Crippen LogP contribution is 2.32. The van der Waals surface area contributed by atoms with Gasteiger partial charge < -0.3 is 0 Å². The van der Waals surface area contributed by atoms with Crippen molar-refractivity contribution in [3.63, 3.8) is 0 Å². The number of hydrogen-bond acceptors (Lipinski definition) is 2. The van der Waals surface area contributed by atoms with Gasteiger partial charge in [-0.3, -0.25) is 4.79 Å². The van der Waals surface area contributed by atoms with Gasteiger partial charge in [-0.2, -0.15) is 0 Å². The normalized spacial score (nSPS) is 12.1. The van der Waals surface area contributed by atoms with Crippen molar-refractivity contribution in [2.45, 2.75) is 25.0 Å². The van der Waals surface area contributed by atoms with Crippen LogP contribution in [0.5, 0.6) is 0 Å². The molecule has 0 spiro atoms. The van der Waals surface area contributed by atoms with E-state index < -0.39 is 0 Å². The van der Waals surface area contributed by atoms with Crippen LogP contribution in [0.2, 0.25) is 0 Å². The predicted octanol–water partition coefficient (Wildman–Crippen LogP) is 5.14. The van der Waals surface area contributed by atoms with Gasteiger partial charge in [0.2, 0.25) is 0 Å². The van der Waals surface area contributed by atoms with E-state index in [9.17, 15) is 4.79 Å². The minimum atomic E-state index is -0.0925. The highest BCUT2D eigenvalue weighted by Gasteiger charge is 2.21. The van der Waals surface area contributed by atoms with Crippen LogP contribution in [-0.4, -0.2) is 11.5 Å². The fourth-order valence-corrected chi connectivity index (χ4v) is 3.38. The van der Waals surface area contributed by atoms with E-state index >= 15 is 0 Å². The van der Waals surface area contributed by atoms with Crippen LogP contribution in [0.4, 0.5) is 0 Å². The Balaban J connectivity index is 2.20. The zero-order valence-electron chi connectivity index (χ0n) is 11.8. The molecule has 0 N–H and O–H groups in total. The second-order valence-electron chi connectivity index (χ2n) is 4.75. The van der Waals surface area contributed by atoms with Crippen LogP contribution in [0.15, 0.2) is 60.7 Å². The summed E-state index contributed by atoms with van der Waals surface area (Å²) in [6.45, 7) is 2.18. The molecule has 0 unspecified atom stereocenters. The van der Waals surface area contributed by atoms with Crippen molar-refractivity contribution < 1.29 is 4.79 Å². The van der Waals surface area contributed by atoms with Gasteiger partial charge in [0.05, 0.1) is 5.25 Å². The molecule has 0 aliphatic carbocycles. The Hall–Kier alpha value is -1.54. The van der Waals surface area contributed by atoms with Crippen molar-refractivity contribution in [2.24, 2.45) is 0 Å². The molecular weight excluding hydrogens is 264 g/mol. The summed E-state index contributed by atoms with van der Waals surface area (Å²) in [7, 11) is 0. The summed E-state index contributed by atoms with van der Waals surface area (Å²) in [5, 5.41) is -0.0925. The average molecular weight is 284 g/mol. The maximum absolute atomic E-state index is 12.7. The van der Waals surface area contributed by atoms with Crippen LogP contribution < -0.4 is 0 Å². The molecule has 2 rings (SSSR count). The van der Waals surface area contributed by atoms with Crippen LogP contribution in [0, 0.1) is 0 Å². The van der Waals surface area contributed by atoms with Gasteiger partial charge >= 0.3 is 0 Å². The van der Waals surface area contributed by atoms with Crippen molar-refractivity contribution in [1.82, 2.24) is 0 Å². The van der Waals surface area contributed by atoms with E-state index in [4.69, 9.17) is 0 Å². The summed E-state index contributed by atoms with van der Waals surface area (Å²) in [5.41, 5.74) is 1.90. The molecule has 0 aromatic heterocycles. The second-order valence-corrected chi connectivity index (χ2v) is 5.96. The van der Waals surface area contributed by atoms with Crippen molar-refractivity contribution in [3.05, 3.63) is 71.8 Å². The van der Waals surface area contributed by atoms with Crippen LogP contribution >= 0.6 is 11.8 Å². The summed E-state index contributed by atoms with van der Waals surface area (Å²) in [6, 6.07) is 19.7. The minimum absolute atomic E-state index is 0.0925. The highest BCUT2D eigenvalue weighted by molar-refractivity contribution is 8.00. The van der Waals surface area contributed by atoms with Gasteiger partial charge in [-0.15, -0.1) is 11.8 Å². The van der Waals surface area contributed by atoms with Crippen LogP contribution in [0.25, 0.3) is 0 Å². The predicted molar refractivity (Wildman–Crippen MR) is 87.3 cm³/mol. The molecule has 0 saturated heterocycles. The molecule has 0 radical (unpaired) electrons. The van der Waals surface area contributed by atoms with Crippen molar-refractivity contribution in [3.8, 4) is 0 Å². The van der Waals surface area contributed by atoms with E-state index in [1.165, 1.54) is 0 Å². The SMILES string of the molecule is CCCCS[C@H](C(=O)c1ccccc1)c1ccccc1. The van der Waals surface area contributed by atoms with Gasteiger partial charge in [-0.05, 0) is 17.7 Å². The largest absolute Gasteiger partial charge is 0.293 e. The first-order valence-corrected chi connectivity index (χ1v) is 8.13. The molecule has 1 atom stereocenters. The number of carbonyl (C=O) groups is 1. The first-order valence-electron chi connectivity index (χ1n) is 7.08. The van der Waals surface area contributed by atoms with Gasteiger partial charge in [0.1, 0.15) is 0 Å². The van der Waals surface area contributed by atoms with E-state index in [1.54, 1.807) is 11.8 Å². The Labute approximate surface area is 125 Å². The molecule has 0 saturated carbocycles. The molecule has 0 bridgehead atoms. The number of Topliss-reactive ketones (excluding diaryl/α,β-unsaturated/α-hetero) is 1. The standard InChI is InChI=1S/C18H20OS/c1-2-3-14-20-18(16-12-8-5-9-13-16)17(19)15-10-6-4-7-11-15/h4-13,18H,2-3,14H2,1H3/t18-/m0/s1. The Morgan fingerprint density at radius 2 is 1.60 bits per heavy atom. The Morgan fingerprint density at radius 1 is 1.00 bits per heavy atom. The van der Waals surface area contributed by atoms with E-state index in [0.29, 0.717) is 0 Å². The molecular formula is C18H20OS. The molecule has 104 valence electrons. The van der Waals surface area contributed by atoms with Gasteiger partial charge in [0.25, 0.3) is 0 Å². The van der Waals surface area contributed by atoms with E-state index in [0.717, 1.165) is 29.7 Å². The van der Waals surface area contributed by atoms with E-state index in [2.05, 4.69) is 6.92 Å². The monoisotopic (exact) mass is 284 g/mol. The topological polar surface area (TPSA) is 17.1 Å². The number of ketones is 1. The Morgan fingerprint density at radius 3 is 2.20 bits per heavy atom. The smallest absolute Gasteiger partial charge is 0.180 e. The number of rotatable bonds is 7. The Kier molecular flexibility index (Phi) is 5.87. The maximum atomic E-state index is 12.7. The lowest BCUT2D eigenvalue weighted by atomic mass is 10.0. The molecule has 0 aliphatic heterocycles. The quantitative estimate of drug-likeness (QED) is 0.517. The first-order chi connectivity index (χ1) is 9.83. The lowest BCUT2D eigenvalue weighted by Crippen LogP contribution is -2.10. The second kappa shape index (κ2) is 7.91. The zero-order chi connectivity index (χ0) is 14.2. The summed E-state index contributed by atoms with van der Waals surface area (Å²) in [5.74, 6) is 1.23. The van der Waals surface area contributed by atoms with Crippen molar-refractivity contribution in [2.75, 3.05) is 5.75 Å². The fourth-order valence-electron chi connectivity index (χ4n) is 2.05. The number of hydrogen-bond donors (Lipinski definition) is 0. The highest BCUT2D eigenvalue weighted by atomic mass is 32.2. The number of thioether (sulfide) groups is 1. The van der Waals surface area contributed by atoms with Gasteiger partial charge in [-0.1, -0.05) is 74.0 Å². The third-order valence-corrected chi connectivity index (χ3v) is 4.53. The minimum Gasteiger partial charge on any atom is -0.293 e. The summed E-state index contributed by atoms with van der Waals surface area (Å²) in [4.78, 5) is 12.7. The summed E-state index contributed by atoms with van der Waals surface area (Å²) >= 11 is 1.75. The molecule has 1 nitrogen and oxygen atoms in total. The first kappa shape index (κ1) is 14.9. The fraction of sp³-hybridized carbons (Fsp3) is 0.278. The average Bonchev–Trinajstić information content (AvgIpc) is 2.53. The molecule has 2 aromatic carbocycles. The molecule has 2 aromatic rings. The summed E-state index contributed by atoms with van der Waals surface area (Å²) in [6.07, 6.45) is 2.31. The lowest BCUT2D eigenvalue weighted by molar-refractivity contribution is 0.0989. The van der Waals surface area contributed by atoms with Gasteiger partial charge in [-0.25, -0.2) is 0 Å². The maximum Gasteiger partial charge on any atom is 0.180 e. The third-order valence-electron chi connectivity index (χ3n) is 3.18. The lowest BCUT2D eigenvalue weighted by Gasteiger charge is -2.16. The molecule has 2 heteroatoms. The van der Waals surface area contributed by atoms with Gasteiger partial charge in [0, 0.05) is 5.56 Å². The zero-order valence-corrected chi connectivity index (χ0v) is 12.6. The van der Waals surface area contributed by atoms with Crippen LogP contribution in [0.1, 0.15) is 40.9 Å².